The maximum Gasteiger partial charge on any atom is 0.305 e. The minimum Gasteiger partial charge on any atom is -0.465 e. The van der Waals surface area contributed by atoms with E-state index in [-0.39, 0.29) is 55.3 Å². The van der Waals surface area contributed by atoms with Crippen molar-refractivity contribution in [3.05, 3.63) is 48.0 Å². The highest BCUT2D eigenvalue weighted by Gasteiger charge is 2.46. The van der Waals surface area contributed by atoms with Crippen molar-refractivity contribution in [2.24, 2.45) is 11.8 Å². The van der Waals surface area contributed by atoms with Gasteiger partial charge in [-0.2, -0.15) is 0 Å². The third kappa shape index (κ3) is 13.6. The van der Waals surface area contributed by atoms with Crippen LogP contribution in [0, 0.1) is 11.8 Å². The number of aldehydes is 1. The molecule has 9 heteroatoms. The monoisotopic (exact) mass is 572 g/mol. The molecule has 0 N–H and O–H groups in total. The molecule has 41 heavy (non-hydrogen) atoms. The molecule has 0 spiro atoms. The lowest BCUT2D eigenvalue weighted by Gasteiger charge is -2.27. The summed E-state index contributed by atoms with van der Waals surface area (Å²) in [7, 11) is 0. The topological polar surface area (TPSA) is 122 Å². The van der Waals surface area contributed by atoms with Crippen molar-refractivity contribution in [1.82, 2.24) is 0 Å². The zero-order valence-corrected chi connectivity index (χ0v) is 24.5. The fourth-order valence-corrected chi connectivity index (χ4v) is 5.43. The van der Waals surface area contributed by atoms with Crippen LogP contribution < -0.4 is 0 Å². The normalized spacial score (nSPS) is 20.8. The molecule has 1 saturated carbocycles. The molecule has 1 aliphatic rings. The maximum atomic E-state index is 11.9. The number of aryl methyl sites for hydroxylation is 1. The molecular formula is C32H44O9. The Labute approximate surface area is 242 Å². The van der Waals surface area contributed by atoms with Crippen LogP contribution in [0.4, 0.5) is 0 Å². The fraction of sp³-hybridized carbons (Fsp3) is 0.594. The average Bonchev–Trinajstić information content (AvgIpc) is 3.22. The van der Waals surface area contributed by atoms with Gasteiger partial charge in [0.25, 0.3) is 0 Å². The number of rotatable bonds is 18. The largest absolute Gasteiger partial charge is 0.465 e. The molecule has 0 heterocycles. The number of benzene rings is 1. The van der Waals surface area contributed by atoms with Crippen LogP contribution in [0.3, 0.4) is 0 Å². The molecule has 0 radical (unpaired) electrons. The Bertz CT molecular complexity index is 1000. The smallest absolute Gasteiger partial charge is 0.305 e. The van der Waals surface area contributed by atoms with Crippen LogP contribution in [-0.2, 0) is 49.3 Å². The first-order chi connectivity index (χ1) is 19.7. The summed E-state index contributed by atoms with van der Waals surface area (Å²) in [6, 6.07) is 10.0. The Morgan fingerprint density at radius 2 is 1.56 bits per heavy atom. The van der Waals surface area contributed by atoms with E-state index in [1.54, 1.807) is 0 Å². The summed E-state index contributed by atoms with van der Waals surface area (Å²) >= 11 is 0. The van der Waals surface area contributed by atoms with Crippen molar-refractivity contribution in [3.63, 3.8) is 0 Å². The first-order valence-corrected chi connectivity index (χ1v) is 14.5. The average molecular weight is 573 g/mol. The van der Waals surface area contributed by atoms with Gasteiger partial charge >= 0.3 is 23.9 Å². The summed E-state index contributed by atoms with van der Waals surface area (Å²) in [5.74, 6) is -1.62. The molecule has 1 aromatic carbocycles. The number of unbranched alkanes of at least 4 members (excludes halogenated alkanes) is 1. The quantitative estimate of drug-likeness (QED) is 0.0779. The van der Waals surface area contributed by atoms with Gasteiger partial charge in [-0.05, 0) is 50.5 Å². The summed E-state index contributed by atoms with van der Waals surface area (Å²) < 4.78 is 22.0. The number of hydrogen-bond donors (Lipinski definition) is 0. The van der Waals surface area contributed by atoms with Crippen LogP contribution in [-0.4, -0.2) is 55.1 Å². The van der Waals surface area contributed by atoms with Crippen molar-refractivity contribution < 1.29 is 42.9 Å². The van der Waals surface area contributed by atoms with Crippen molar-refractivity contribution in [3.8, 4) is 0 Å². The molecule has 1 fully saturated rings. The Morgan fingerprint density at radius 3 is 2.20 bits per heavy atom. The molecule has 0 aromatic heterocycles. The van der Waals surface area contributed by atoms with E-state index in [1.807, 2.05) is 42.5 Å². The second kappa shape index (κ2) is 18.8. The molecule has 0 amide bonds. The molecule has 0 bridgehead atoms. The molecule has 226 valence electrons. The molecular weight excluding hydrogens is 528 g/mol. The summed E-state index contributed by atoms with van der Waals surface area (Å²) in [4.78, 5) is 57.7. The molecule has 0 unspecified atom stereocenters. The maximum absolute atomic E-state index is 11.9. The van der Waals surface area contributed by atoms with Crippen LogP contribution >= 0.6 is 0 Å². The van der Waals surface area contributed by atoms with Crippen molar-refractivity contribution >= 4 is 30.2 Å². The highest BCUT2D eigenvalue weighted by atomic mass is 16.6. The van der Waals surface area contributed by atoms with Crippen LogP contribution in [0.1, 0.15) is 84.1 Å². The highest BCUT2D eigenvalue weighted by Crippen LogP contribution is 2.42. The van der Waals surface area contributed by atoms with Crippen LogP contribution in [0.2, 0.25) is 0 Å². The summed E-state index contributed by atoms with van der Waals surface area (Å²) in [6.07, 6.45) is 9.02. The lowest BCUT2D eigenvalue weighted by Crippen LogP contribution is -2.28. The molecule has 2 rings (SSSR count). The first-order valence-electron chi connectivity index (χ1n) is 14.5. The van der Waals surface area contributed by atoms with E-state index in [2.05, 4.69) is 0 Å². The Kier molecular flexibility index (Phi) is 15.4. The number of esters is 4. The van der Waals surface area contributed by atoms with Gasteiger partial charge in [-0.25, -0.2) is 0 Å². The minimum absolute atomic E-state index is 0.0834. The van der Waals surface area contributed by atoms with E-state index >= 15 is 0 Å². The Morgan fingerprint density at radius 1 is 0.878 bits per heavy atom. The predicted molar refractivity (Wildman–Crippen MR) is 152 cm³/mol. The van der Waals surface area contributed by atoms with Gasteiger partial charge in [-0.15, -0.1) is 0 Å². The van der Waals surface area contributed by atoms with Crippen LogP contribution in [0.25, 0.3) is 0 Å². The van der Waals surface area contributed by atoms with Gasteiger partial charge in [0.05, 0.1) is 6.61 Å². The number of ether oxygens (including phenoxy) is 4. The van der Waals surface area contributed by atoms with Gasteiger partial charge in [0, 0.05) is 51.9 Å². The van der Waals surface area contributed by atoms with Gasteiger partial charge in [0.2, 0.25) is 0 Å². The fourth-order valence-electron chi connectivity index (χ4n) is 5.43. The van der Waals surface area contributed by atoms with Gasteiger partial charge in [0.1, 0.15) is 24.6 Å². The van der Waals surface area contributed by atoms with Gasteiger partial charge in [-0.1, -0.05) is 42.5 Å². The summed E-state index contributed by atoms with van der Waals surface area (Å²) in [5.41, 5.74) is 1.16. The van der Waals surface area contributed by atoms with Crippen LogP contribution in [0.15, 0.2) is 42.5 Å². The standard InChI is InChI=1S/C32H44O9/c1-23(34)39-27(17-16-26-12-7-6-8-13-26)18-19-29-28(30(40-24(2)35)22-31(29)41-25(3)36)14-9-4-5-10-15-32(37)38-21-11-20-33/h4,6-9,12-13,20,27-31H,5,10-11,14-19,21-22H2,1-3H3/b9-4-/t27-,28-,29-,30+,31-/m1/s1. The lowest BCUT2D eigenvalue weighted by molar-refractivity contribution is -0.150. The zero-order chi connectivity index (χ0) is 30.0. The SMILES string of the molecule is CC(=O)O[C@H](CCc1ccccc1)CC[C@@H]1[C@@H](C/C=C\CCCC(=O)OCCC=O)[C@@H](OC(C)=O)C[C@H]1OC(C)=O. The second-order valence-corrected chi connectivity index (χ2v) is 10.5. The van der Waals surface area contributed by atoms with Gasteiger partial charge < -0.3 is 23.7 Å². The number of carbonyl (C=O) groups is 5. The van der Waals surface area contributed by atoms with E-state index in [1.165, 1.54) is 20.8 Å². The van der Waals surface area contributed by atoms with E-state index in [0.717, 1.165) is 12.0 Å². The molecule has 1 aliphatic carbocycles. The van der Waals surface area contributed by atoms with E-state index in [4.69, 9.17) is 18.9 Å². The second-order valence-electron chi connectivity index (χ2n) is 10.5. The summed E-state index contributed by atoms with van der Waals surface area (Å²) in [5, 5.41) is 0. The van der Waals surface area contributed by atoms with E-state index in [0.29, 0.717) is 51.2 Å². The molecule has 1 aromatic rings. The third-order valence-corrected chi connectivity index (χ3v) is 7.18. The minimum atomic E-state index is -0.413. The van der Waals surface area contributed by atoms with Crippen LogP contribution in [0.5, 0.6) is 0 Å². The van der Waals surface area contributed by atoms with Crippen molar-refractivity contribution in [1.29, 1.82) is 0 Å². The highest BCUT2D eigenvalue weighted by molar-refractivity contribution is 5.69. The Hall–Kier alpha value is -3.49. The Balaban J connectivity index is 2.05. The van der Waals surface area contributed by atoms with Gasteiger partial charge in [-0.3, -0.25) is 19.2 Å². The number of hydrogen-bond acceptors (Lipinski definition) is 9. The molecule has 9 nitrogen and oxygen atoms in total. The molecule has 0 aliphatic heterocycles. The molecule has 0 saturated heterocycles. The lowest BCUT2D eigenvalue weighted by atomic mass is 9.85. The van der Waals surface area contributed by atoms with Crippen molar-refractivity contribution in [2.45, 2.75) is 103 Å². The summed E-state index contributed by atoms with van der Waals surface area (Å²) in [6.45, 7) is 4.25. The third-order valence-electron chi connectivity index (χ3n) is 7.18. The molecule has 5 atom stereocenters. The van der Waals surface area contributed by atoms with Crippen molar-refractivity contribution in [2.75, 3.05) is 6.61 Å². The number of carbonyl (C=O) groups excluding carboxylic acids is 5. The number of allylic oxidation sites excluding steroid dienone is 2. The van der Waals surface area contributed by atoms with E-state index in [9.17, 15) is 24.0 Å². The zero-order valence-electron chi connectivity index (χ0n) is 24.5. The first kappa shape index (κ1) is 33.7. The van der Waals surface area contributed by atoms with E-state index < -0.39 is 18.2 Å². The van der Waals surface area contributed by atoms with Gasteiger partial charge in [0.15, 0.2) is 0 Å². The predicted octanol–water partition coefficient (Wildman–Crippen LogP) is 5.08.